The van der Waals surface area contributed by atoms with Gasteiger partial charge in [0.2, 0.25) is 0 Å². The Morgan fingerprint density at radius 1 is 1.78 bits per heavy atom. The van der Waals surface area contributed by atoms with Crippen LogP contribution in [0.2, 0.25) is 0 Å². The van der Waals surface area contributed by atoms with Gasteiger partial charge in [0, 0.05) is 7.05 Å². The monoisotopic (exact) mass is 149 g/mol. The van der Waals surface area contributed by atoms with E-state index in [1.807, 2.05) is 0 Å². The van der Waals surface area contributed by atoms with E-state index >= 15 is 0 Å². The zero-order valence-corrected chi connectivity index (χ0v) is 5.80. The van der Waals surface area contributed by atoms with Gasteiger partial charge in [0.25, 0.3) is 0 Å². The molecule has 0 unspecified atom stereocenters. The Morgan fingerprint density at radius 3 is 2.67 bits per heavy atom. The predicted octanol–water partition coefficient (Wildman–Crippen LogP) is -0.271. The molecule has 0 bridgehead atoms. The SMILES string of the molecule is Cl.Cn1cc(CO)nn1. The van der Waals surface area contributed by atoms with Gasteiger partial charge in [0.05, 0.1) is 12.8 Å². The summed E-state index contributed by atoms with van der Waals surface area (Å²) in [5.41, 5.74) is 0.604. The van der Waals surface area contributed by atoms with Crippen molar-refractivity contribution in [3.05, 3.63) is 11.9 Å². The summed E-state index contributed by atoms with van der Waals surface area (Å²) in [6.45, 7) is -0.0339. The van der Waals surface area contributed by atoms with Crippen molar-refractivity contribution in [2.45, 2.75) is 6.61 Å². The summed E-state index contributed by atoms with van der Waals surface area (Å²) in [7, 11) is 1.76. The second kappa shape index (κ2) is 3.42. The number of nitrogens with zero attached hydrogens (tertiary/aromatic N) is 3. The normalized spacial score (nSPS) is 8.67. The molecular formula is C4H8ClN3O. The molecule has 0 saturated carbocycles. The van der Waals surface area contributed by atoms with Crippen molar-refractivity contribution in [3.8, 4) is 0 Å². The first-order valence-electron chi connectivity index (χ1n) is 2.29. The lowest BCUT2D eigenvalue weighted by molar-refractivity contribution is 0.276. The Hall–Kier alpha value is -0.610. The molecule has 1 heterocycles. The molecule has 0 radical (unpaired) electrons. The van der Waals surface area contributed by atoms with Crippen LogP contribution in [0, 0.1) is 0 Å². The lowest BCUT2D eigenvalue weighted by atomic mass is 10.5. The van der Waals surface area contributed by atoms with Crippen molar-refractivity contribution in [2.24, 2.45) is 7.05 Å². The zero-order chi connectivity index (χ0) is 5.98. The Morgan fingerprint density at radius 2 is 2.44 bits per heavy atom. The molecule has 1 rings (SSSR count). The number of aliphatic hydroxyl groups is 1. The fourth-order valence-electron chi connectivity index (χ4n) is 0.468. The van der Waals surface area contributed by atoms with E-state index in [4.69, 9.17) is 5.11 Å². The van der Waals surface area contributed by atoms with Crippen molar-refractivity contribution >= 4 is 12.4 Å². The van der Waals surface area contributed by atoms with Crippen LogP contribution in [0.4, 0.5) is 0 Å². The number of rotatable bonds is 1. The second-order valence-corrected chi connectivity index (χ2v) is 1.54. The van der Waals surface area contributed by atoms with Crippen LogP contribution in [0.3, 0.4) is 0 Å². The van der Waals surface area contributed by atoms with Crippen molar-refractivity contribution in [2.75, 3.05) is 0 Å². The maximum absolute atomic E-state index is 8.44. The number of hydrogen-bond acceptors (Lipinski definition) is 3. The highest BCUT2D eigenvalue weighted by Crippen LogP contribution is 1.87. The molecule has 0 aliphatic carbocycles. The van der Waals surface area contributed by atoms with Gasteiger partial charge in [0.15, 0.2) is 0 Å². The van der Waals surface area contributed by atoms with Crippen LogP contribution in [-0.4, -0.2) is 20.1 Å². The molecule has 1 N–H and O–H groups in total. The van der Waals surface area contributed by atoms with Gasteiger partial charge in [-0.1, -0.05) is 5.21 Å². The van der Waals surface area contributed by atoms with E-state index in [1.54, 1.807) is 17.9 Å². The molecule has 9 heavy (non-hydrogen) atoms. The highest BCUT2D eigenvalue weighted by atomic mass is 35.5. The molecule has 52 valence electrons. The number of hydrogen-bond donors (Lipinski definition) is 1. The van der Waals surface area contributed by atoms with Gasteiger partial charge >= 0.3 is 0 Å². The summed E-state index contributed by atoms with van der Waals surface area (Å²) in [6.07, 6.45) is 1.67. The van der Waals surface area contributed by atoms with Gasteiger partial charge in [-0.15, -0.1) is 17.5 Å². The van der Waals surface area contributed by atoms with E-state index in [9.17, 15) is 0 Å². The highest BCUT2D eigenvalue weighted by molar-refractivity contribution is 5.85. The van der Waals surface area contributed by atoms with E-state index in [0.29, 0.717) is 5.69 Å². The van der Waals surface area contributed by atoms with E-state index in [2.05, 4.69) is 10.3 Å². The number of halogens is 1. The van der Waals surface area contributed by atoms with Crippen molar-refractivity contribution in [1.29, 1.82) is 0 Å². The predicted molar refractivity (Wildman–Crippen MR) is 34.2 cm³/mol. The lowest BCUT2D eigenvalue weighted by Crippen LogP contribution is -1.85. The average Bonchev–Trinajstić information content (AvgIpc) is 2.14. The lowest BCUT2D eigenvalue weighted by Gasteiger charge is -1.78. The molecule has 0 aromatic carbocycles. The van der Waals surface area contributed by atoms with Gasteiger partial charge in [-0.3, -0.25) is 4.68 Å². The Balaban J connectivity index is 0.000000640. The topological polar surface area (TPSA) is 50.9 Å². The maximum atomic E-state index is 8.44. The van der Waals surface area contributed by atoms with Gasteiger partial charge < -0.3 is 5.11 Å². The number of aryl methyl sites for hydroxylation is 1. The molecule has 0 spiro atoms. The minimum Gasteiger partial charge on any atom is -0.390 e. The molecule has 0 aliphatic heterocycles. The molecule has 4 nitrogen and oxygen atoms in total. The zero-order valence-electron chi connectivity index (χ0n) is 4.98. The van der Waals surface area contributed by atoms with E-state index in [-0.39, 0.29) is 19.0 Å². The summed E-state index contributed by atoms with van der Waals surface area (Å²) in [4.78, 5) is 0. The second-order valence-electron chi connectivity index (χ2n) is 1.54. The summed E-state index contributed by atoms with van der Waals surface area (Å²) < 4.78 is 1.55. The van der Waals surface area contributed by atoms with Crippen LogP contribution in [-0.2, 0) is 13.7 Å². The molecule has 5 heteroatoms. The molecule has 0 atom stereocenters. The Labute approximate surface area is 58.9 Å². The molecule has 0 saturated heterocycles. The summed E-state index contributed by atoms with van der Waals surface area (Å²) in [5, 5.41) is 15.6. The minimum absolute atomic E-state index is 0. The first kappa shape index (κ1) is 8.39. The fourth-order valence-corrected chi connectivity index (χ4v) is 0.468. The highest BCUT2D eigenvalue weighted by Gasteiger charge is 1.91. The summed E-state index contributed by atoms with van der Waals surface area (Å²) in [6, 6.07) is 0. The molecule has 1 aromatic heterocycles. The third-order valence-electron chi connectivity index (χ3n) is 0.812. The van der Waals surface area contributed by atoms with Gasteiger partial charge in [-0.05, 0) is 0 Å². The minimum atomic E-state index is -0.0339. The molecule has 0 fully saturated rings. The van der Waals surface area contributed by atoms with Gasteiger partial charge in [-0.2, -0.15) is 0 Å². The van der Waals surface area contributed by atoms with Crippen LogP contribution >= 0.6 is 12.4 Å². The summed E-state index contributed by atoms with van der Waals surface area (Å²) >= 11 is 0. The van der Waals surface area contributed by atoms with Gasteiger partial charge in [0.1, 0.15) is 5.69 Å². The van der Waals surface area contributed by atoms with Crippen LogP contribution in [0.5, 0.6) is 0 Å². The Bertz CT molecular complexity index is 176. The third kappa shape index (κ3) is 1.99. The van der Waals surface area contributed by atoms with Gasteiger partial charge in [-0.25, -0.2) is 0 Å². The average molecular weight is 150 g/mol. The Kier molecular flexibility index (Phi) is 3.19. The van der Waals surface area contributed by atoms with Crippen LogP contribution in [0.15, 0.2) is 6.20 Å². The fraction of sp³-hybridized carbons (Fsp3) is 0.500. The van der Waals surface area contributed by atoms with E-state index in [1.165, 1.54) is 0 Å². The van der Waals surface area contributed by atoms with Crippen molar-refractivity contribution in [1.82, 2.24) is 15.0 Å². The smallest absolute Gasteiger partial charge is 0.108 e. The molecule has 1 aromatic rings. The van der Waals surface area contributed by atoms with Crippen LogP contribution in [0.25, 0.3) is 0 Å². The van der Waals surface area contributed by atoms with Crippen molar-refractivity contribution < 1.29 is 5.11 Å². The van der Waals surface area contributed by atoms with Crippen LogP contribution < -0.4 is 0 Å². The first-order valence-corrected chi connectivity index (χ1v) is 2.29. The molecular weight excluding hydrogens is 142 g/mol. The number of aromatic nitrogens is 3. The largest absolute Gasteiger partial charge is 0.390 e. The van der Waals surface area contributed by atoms with E-state index in [0.717, 1.165) is 0 Å². The van der Waals surface area contributed by atoms with Crippen molar-refractivity contribution in [3.63, 3.8) is 0 Å². The maximum Gasteiger partial charge on any atom is 0.108 e. The molecule has 0 aliphatic rings. The standard InChI is InChI=1S/C4H7N3O.ClH/c1-7-2-4(3-8)5-6-7;/h2,8H,3H2,1H3;1H. The number of aliphatic hydroxyl groups excluding tert-OH is 1. The quantitative estimate of drug-likeness (QED) is 0.598. The molecule has 0 amide bonds. The summed E-state index contributed by atoms with van der Waals surface area (Å²) in [5.74, 6) is 0. The van der Waals surface area contributed by atoms with Crippen LogP contribution in [0.1, 0.15) is 5.69 Å². The first-order chi connectivity index (χ1) is 3.83. The third-order valence-corrected chi connectivity index (χ3v) is 0.812. The van der Waals surface area contributed by atoms with E-state index < -0.39 is 0 Å².